The number of aliphatic hydroxyl groups is 1. The molecule has 8 nitrogen and oxygen atoms in total. The summed E-state index contributed by atoms with van der Waals surface area (Å²) in [6.07, 6.45) is 2.85. The van der Waals surface area contributed by atoms with Crippen molar-refractivity contribution in [3.63, 3.8) is 0 Å². The van der Waals surface area contributed by atoms with Gasteiger partial charge in [-0.1, -0.05) is 0 Å². The molecule has 2 N–H and O–H groups in total. The van der Waals surface area contributed by atoms with Gasteiger partial charge in [-0.2, -0.15) is 0 Å². The highest BCUT2D eigenvalue weighted by Gasteiger charge is 2.46. The first-order valence-corrected chi connectivity index (χ1v) is 9.94. The molecule has 2 aliphatic heterocycles. The molecule has 3 heterocycles. The molecule has 0 spiro atoms. The molecule has 0 unspecified atom stereocenters. The minimum atomic E-state index is -0.510. The monoisotopic (exact) mass is 411 g/mol. The molecule has 2 aliphatic rings. The lowest BCUT2D eigenvalue weighted by molar-refractivity contribution is -0.147. The summed E-state index contributed by atoms with van der Waals surface area (Å²) in [5.74, 6) is 0.423. The predicted molar refractivity (Wildman–Crippen MR) is 109 cm³/mol. The summed E-state index contributed by atoms with van der Waals surface area (Å²) < 4.78 is 12.0. The normalized spacial score (nSPS) is 24.4. The first-order chi connectivity index (χ1) is 14.5. The molecular weight excluding hydrogens is 386 g/mol. The van der Waals surface area contributed by atoms with E-state index in [0.29, 0.717) is 23.4 Å². The average Bonchev–Trinajstić information content (AvgIpc) is 3.11. The van der Waals surface area contributed by atoms with Gasteiger partial charge in [0, 0.05) is 43.7 Å². The van der Waals surface area contributed by atoms with Crippen molar-refractivity contribution in [3.8, 4) is 5.75 Å². The number of nitrogens with zero attached hydrogens (tertiary/aromatic N) is 2. The van der Waals surface area contributed by atoms with Gasteiger partial charge in [-0.3, -0.25) is 14.6 Å². The predicted octanol–water partition coefficient (Wildman–Crippen LogP) is 1.81. The maximum absolute atomic E-state index is 12.5. The van der Waals surface area contributed by atoms with Gasteiger partial charge in [0.2, 0.25) is 5.91 Å². The fourth-order valence-electron chi connectivity index (χ4n) is 4.04. The van der Waals surface area contributed by atoms with Crippen molar-refractivity contribution in [1.82, 2.24) is 9.88 Å². The van der Waals surface area contributed by atoms with Gasteiger partial charge >= 0.3 is 0 Å². The van der Waals surface area contributed by atoms with Gasteiger partial charge in [0.1, 0.15) is 18.0 Å². The number of anilines is 1. The Morgan fingerprint density at radius 1 is 1.30 bits per heavy atom. The third kappa shape index (κ3) is 4.01. The highest BCUT2D eigenvalue weighted by molar-refractivity contribution is 6.04. The van der Waals surface area contributed by atoms with Gasteiger partial charge in [-0.15, -0.1) is 0 Å². The number of nitrogens with one attached hydrogen (secondary N) is 1. The Balaban J connectivity index is 1.54. The number of benzene rings is 1. The molecule has 2 aromatic rings. The molecule has 2 amide bonds. The molecule has 0 radical (unpaired) electrons. The van der Waals surface area contributed by atoms with Gasteiger partial charge in [-0.25, -0.2) is 0 Å². The molecule has 30 heavy (non-hydrogen) atoms. The zero-order valence-corrected chi connectivity index (χ0v) is 16.9. The lowest BCUT2D eigenvalue weighted by atomic mass is 9.84. The molecule has 0 aliphatic carbocycles. The average molecular weight is 411 g/mol. The standard InChI is InChI=1S/C22H25N3O5/c1-25(2)20(27)10-15-9-17-16-8-14(24-22(28)13-4-3-7-23-11-13)5-6-18(16)30-21(17)19(12-26)29-15/h3-8,11,15,17,19,21,26H,9-10,12H2,1-2H3,(H,24,28)/t15-,17+,19-,21-/m0/s1. The van der Waals surface area contributed by atoms with E-state index in [1.807, 2.05) is 12.1 Å². The van der Waals surface area contributed by atoms with Crippen LogP contribution in [0.2, 0.25) is 0 Å². The summed E-state index contributed by atoms with van der Waals surface area (Å²) in [4.78, 5) is 30.1. The highest BCUT2D eigenvalue weighted by Crippen LogP contribution is 2.47. The Morgan fingerprint density at radius 3 is 2.83 bits per heavy atom. The Labute approximate surface area is 174 Å². The molecule has 0 bridgehead atoms. The van der Waals surface area contributed by atoms with Crippen LogP contribution < -0.4 is 10.1 Å². The first-order valence-electron chi connectivity index (χ1n) is 9.94. The quantitative estimate of drug-likeness (QED) is 0.778. The van der Waals surface area contributed by atoms with Crippen LogP contribution in [0.5, 0.6) is 5.75 Å². The molecule has 1 saturated heterocycles. The lowest BCUT2D eigenvalue weighted by Crippen LogP contribution is -2.47. The molecule has 0 saturated carbocycles. The van der Waals surface area contributed by atoms with Crippen molar-refractivity contribution in [2.45, 2.75) is 37.1 Å². The number of carbonyl (C=O) groups is 2. The fraction of sp³-hybridized carbons (Fsp3) is 0.409. The van der Waals surface area contributed by atoms with Gasteiger partial charge in [0.15, 0.2) is 0 Å². The topological polar surface area (TPSA) is 101 Å². The number of carbonyl (C=O) groups excluding carboxylic acids is 2. The number of rotatable bonds is 5. The van der Waals surface area contributed by atoms with E-state index >= 15 is 0 Å². The maximum atomic E-state index is 12.5. The number of fused-ring (bicyclic) bond motifs is 3. The zero-order valence-electron chi connectivity index (χ0n) is 16.9. The second-order valence-electron chi connectivity index (χ2n) is 7.84. The molecular formula is C22H25N3O5. The van der Waals surface area contributed by atoms with Gasteiger partial charge in [0.05, 0.1) is 24.7 Å². The zero-order chi connectivity index (χ0) is 21.3. The largest absolute Gasteiger partial charge is 0.487 e. The van der Waals surface area contributed by atoms with Crippen LogP contribution in [0.15, 0.2) is 42.7 Å². The number of pyridine rings is 1. The second-order valence-corrected chi connectivity index (χ2v) is 7.84. The number of amides is 2. The van der Waals surface area contributed by atoms with Crippen LogP contribution in [0.4, 0.5) is 5.69 Å². The van der Waals surface area contributed by atoms with Gasteiger partial charge in [-0.05, 0) is 36.8 Å². The maximum Gasteiger partial charge on any atom is 0.257 e. The van der Waals surface area contributed by atoms with Crippen LogP contribution in [0.1, 0.15) is 34.7 Å². The Morgan fingerprint density at radius 2 is 2.13 bits per heavy atom. The van der Waals surface area contributed by atoms with E-state index in [1.54, 1.807) is 38.5 Å². The summed E-state index contributed by atoms with van der Waals surface area (Å²) in [5.41, 5.74) is 2.08. The second kappa shape index (κ2) is 8.41. The van der Waals surface area contributed by atoms with E-state index < -0.39 is 6.10 Å². The lowest BCUT2D eigenvalue weighted by Gasteiger charge is -2.37. The van der Waals surface area contributed by atoms with Crippen molar-refractivity contribution in [3.05, 3.63) is 53.9 Å². The van der Waals surface area contributed by atoms with E-state index in [0.717, 1.165) is 5.56 Å². The van der Waals surface area contributed by atoms with Crippen LogP contribution in [-0.4, -0.2) is 65.8 Å². The summed E-state index contributed by atoms with van der Waals surface area (Å²) >= 11 is 0. The number of ether oxygens (including phenoxy) is 2. The summed E-state index contributed by atoms with van der Waals surface area (Å²) in [7, 11) is 3.42. The Kier molecular flexibility index (Phi) is 5.69. The SMILES string of the molecule is CN(C)C(=O)C[C@@H]1C[C@@H]2c3cc(NC(=O)c4cccnc4)ccc3O[C@@H]2[C@H](CO)O1. The van der Waals surface area contributed by atoms with E-state index in [-0.39, 0.29) is 43.0 Å². The third-order valence-electron chi connectivity index (χ3n) is 5.58. The van der Waals surface area contributed by atoms with Crippen molar-refractivity contribution in [2.24, 2.45) is 0 Å². The van der Waals surface area contributed by atoms with Gasteiger partial charge in [0.25, 0.3) is 5.91 Å². The Bertz CT molecular complexity index is 934. The molecule has 1 aromatic carbocycles. The number of aliphatic hydroxyl groups excluding tert-OH is 1. The molecule has 1 fully saturated rings. The van der Waals surface area contributed by atoms with Crippen LogP contribution in [0, 0.1) is 0 Å². The summed E-state index contributed by atoms with van der Waals surface area (Å²) in [6.45, 7) is -0.188. The molecule has 158 valence electrons. The minimum Gasteiger partial charge on any atom is -0.487 e. The first kappa shape index (κ1) is 20.3. The highest BCUT2D eigenvalue weighted by atomic mass is 16.6. The van der Waals surface area contributed by atoms with Crippen LogP contribution in [0.3, 0.4) is 0 Å². The molecule has 1 aromatic heterocycles. The van der Waals surface area contributed by atoms with Crippen molar-refractivity contribution < 1.29 is 24.2 Å². The van der Waals surface area contributed by atoms with Crippen LogP contribution in [-0.2, 0) is 9.53 Å². The number of aromatic nitrogens is 1. The van der Waals surface area contributed by atoms with Crippen LogP contribution >= 0.6 is 0 Å². The smallest absolute Gasteiger partial charge is 0.257 e. The van der Waals surface area contributed by atoms with Crippen LogP contribution in [0.25, 0.3) is 0 Å². The molecule has 4 rings (SSSR count). The Hall–Kier alpha value is -2.97. The van der Waals surface area contributed by atoms with E-state index in [1.165, 1.54) is 11.1 Å². The number of hydrogen-bond acceptors (Lipinski definition) is 6. The number of hydrogen-bond donors (Lipinski definition) is 2. The van der Waals surface area contributed by atoms with E-state index in [2.05, 4.69) is 10.3 Å². The summed E-state index contributed by atoms with van der Waals surface area (Å²) in [6, 6.07) is 8.92. The van der Waals surface area contributed by atoms with Gasteiger partial charge < -0.3 is 24.8 Å². The minimum absolute atomic E-state index is 0.0215. The van der Waals surface area contributed by atoms with Crippen molar-refractivity contribution in [2.75, 3.05) is 26.0 Å². The van der Waals surface area contributed by atoms with E-state index in [9.17, 15) is 14.7 Å². The van der Waals surface area contributed by atoms with Crippen molar-refractivity contribution in [1.29, 1.82) is 0 Å². The molecule has 8 heteroatoms. The summed E-state index contributed by atoms with van der Waals surface area (Å²) in [5, 5.41) is 12.7. The van der Waals surface area contributed by atoms with E-state index in [4.69, 9.17) is 9.47 Å². The third-order valence-corrected chi connectivity index (χ3v) is 5.58. The van der Waals surface area contributed by atoms with Crippen molar-refractivity contribution >= 4 is 17.5 Å². The molecule has 4 atom stereocenters. The fourth-order valence-corrected chi connectivity index (χ4v) is 4.04.